The van der Waals surface area contributed by atoms with Gasteiger partial charge in [0.25, 0.3) is 0 Å². The van der Waals surface area contributed by atoms with Crippen LogP contribution >= 0.6 is 12.0 Å². The first-order chi connectivity index (χ1) is 19.0. The Bertz CT molecular complexity index is 896. The molecule has 40 heavy (non-hydrogen) atoms. The quantitative estimate of drug-likeness (QED) is 0.200. The zero-order valence-electron chi connectivity index (χ0n) is 25.5. The lowest BCUT2D eigenvalue weighted by Gasteiger charge is -2.58. The predicted molar refractivity (Wildman–Crippen MR) is 159 cm³/mol. The number of aliphatic hydroxyl groups excluding tert-OH is 4. The van der Waals surface area contributed by atoms with Gasteiger partial charge in [-0.05, 0) is 110 Å². The van der Waals surface area contributed by atoms with Crippen molar-refractivity contribution in [3.05, 3.63) is 11.6 Å². The van der Waals surface area contributed by atoms with Gasteiger partial charge in [-0.25, -0.2) is 0 Å². The Balaban J connectivity index is 1.17. The molecule has 7 heteroatoms. The molecule has 0 aromatic carbocycles. The van der Waals surface area contributed by atoms with Crippen LogP contribution in [0.15, 0.2) is 11.6 Å². The number of hydrogen-bond donors (Lipinski definition) is 4. The van der Waals surface area contributed by atoms with Gasteiger partial charge in [0.15, 0.2) is 6.29 Å². The van der Waals surface area contributed by atoms with E-state index in [0.717, 1.165) is 54.8 Å². The largest absolute Gasteiger partial charge is 0.388 e. The Hall–Kier alpha value is -0.150. The van der Waals surface area contributed by atoms with E-state index in [2.05, 4.69) is 40.7 Å². The summed E-state index contributed by atoms with van der Waals surface area (Å²) >= 11 is 1.24. The molecule has 0 spiro atoms. The van der Waals surface area contributed by atoms with E-state index in [-0.39, 0.29) is 17.3 Å². The topological polar surface area (TPSA) is 99.4 Å². The van der Waals surface area contributed by atoms with Crippen molar-refractivity contribution >= 4 is 12.0 Å². The molecule has 5 rings (SSSR count). The van der Waals surface area contributed by atoms with Crippen LogP contribution in [0.5, 0.6) is 0 Å². The molecule has 6 nitrogen and oxygen atoms in total. The van der Waals surface area contributed by atoms with Gasteiger partial charge in [-0.1, -0.05) is 65.5 Å². The van der Waals surface area contributed by atoms with E-state index in [4.69, 9.17) is 8.92 Å². The molecule has 0 unspecified atom stereocenters. The van der Waals surface area contributed by atoms with Gasteiger partial charge < -0.3 is 29.3 Å². The monoisotopic (exact) mass is 580 g/mol. The number of fused-ring (bicyclic) bond motifs is 5. The average molecular weight is 581 g/mol. The van der Waals surface area contributed by atoms with E-state index in [1.165, 1.54) is 63.4 Å². The molecule has 5 aliphatic rings. The van der Waals surface area contributed by atoms with Crippen molar-refractivity contribution in [2.45, 2.75) is 142 Å². The highest BCUT2D eigenvalue weighted by Crippen LogP contribution is 2.67. The van der Waals surface area contributed by atoms with Crippen LogP contribution in [-0.4, -0.2) is 63.0 Å². The Morgan fingerprint density at radius 3 is 2.48 bits per heavy atom. The lowest BCUT2D eigenvalue weighted by Crippen LogP contribution is -2.58. The molecule has 0 bridgehead atoms. The highest BCUT2D eigenvalue weighted by molar-refractivity contribution is 7.94. The van der Waals surface area contributed by atoms with E-state index in [1.807, 2.05) is 0 Å². The lowest BCUT2D eigenvalue weighted by atomic mass is 9.47. The van der Waals surface area contributed by atoms with Crippen molar-refractivity contribution < 1.29 is 29.3 Å². The first-order valence-electron chi connectivity index (χ1n) is 16.3. The average Bonchev–Trinajstić information content (AvgIpc) is 3.27. The second kappa shape index (κ2) is 12.5. The first-order valence-corrected chi connectivity index (χ1v) is 17.2. The van der Waals surface area contributed by atoms with E-state index >= 15 is 0 Å². The fourth-order valence-electron chi connectivity index (χ4n) is 10.0. The number of ether oxygens (including phenoxy) is 1. The SMILES string of the molecule is CC(C)CCC[C@@H](C)[C@H]1CC[C@H]2[C@@H]3CC=C4C[C@@H](OSC[C@H]5O[C@@H](O)[C@H](O)[C@@H](O)[C@H]5O)CC[C@]4(C)[C@H]3CC[C@]12C. The van der Waals surface area contributed by atoms with Gasteiger partial charge in [-0.2, -0.15) is 0 Å². The van der Waals surface area contributed by atoms with Gasteiger partial charge in [0.05, 0.1) is 6.10 Å². The number of allylic oxidation sites excluding steroid dienone is 1. The number of hydrogen-bond acceptors (Lipinski definition) is 7. The van der Waals surface area contributed by atoms with Crippen LogP contribution in [0.1, 0.15) is 105 Å². The number of rotatable bonds is 9. The summed E-state index contributed by atoms with van der Waals surface area (Å²) in [5.74, 6) is 5.32. The maximum Gasteiger partial charge on any atom is 0.183 e. The third kappa shape index (κ3) is 5.84. The molecule has 3 saturated carbocycles. The van der Waals surface area contributed by atoms with Gasteiger partial charge in [0.1, 0.15) is 24.4 Å². The molecular formula is C33H56O6S. The molecule has 1 aliphatic heterocycles. The lowest BCUT2D eigenvalue weighted by molar-refractivity contribution is -0.276. The van der Waals surface area contributed by atoms with Crippen molar-refractivity contribution in [2.75, 3.05) is 5.75 Å². The molecule has 4 N–H and O–H groups in total. The zero-order chi connectivity index (χ0) is 28.8. The predicted octanol–water partition coefficient (Wildman–Crippen LogP) is 5.86. The molecule has 13 atom stereocenters. The third-order valence-electron chi connectivity index (χ3n) is 12.4. The molecule has 0 radical (unpaired) electrons. The summed E-state index contributed by atoms with van der Waals surface area (Å²) in [5.41, 5.74) is 2.39. The molecular weight excluding hydrogens is 524 g/mol. The van der Waals surface area contributed by atoms with Crippen molar-refractivity contribution in [2.24, 2.45) is 46.3 Å². The van der Waals surface area contributed by atoms with E-state index in [1.54, 1.807) is 5.57 Å². The molecule has 230 valence electrons. The van der Waals surface area contributed by atoms with Crippen LogP contribution in [0.25, 0.3) is 0 Å². The fraction of sp³-hybridized carbons (Fsp3) is 0.939. The van der Waals surface area contributed by atoms with E-state index in [0.29, 0.717) is 5.41 Å². The van der Waals surface area contributed by atoms with Gasteiger partial charge in [-0.15, -0.1) is 0 Å². The molecule has 4 fully saturated rings. The molecule has 0 aromatic rings. The maximum atomic E-state index is 10.2. The summed E-state index contributed by atoms with van der Waals surface area (Å²) in [4.78, 5) is 0. The fourth-order valence-corrected chi connectivity index (χ4v) is 10.9. The number of aliphatic hydroxyl groups is 4. The van der Waals surface area contributed by atoms with Crippen LogP contribution in [0.3, 0.4) is 0 Å². The first kappa shape index (κ1) is 31.3. The third-order valence-corrected chi connectivity index (χ3v) is 13.3. The minimum atomic E-state index is -1.50. The summed E-state index contributed by atoms with van der Waals surface area (Å²) in [6, 6.07) is 0. The summed E-state index contributed by atoms with van der Waals surface area (Å²) < 4.78 is 11.5. The molecule has 0 amide bonds. The summed E-state index contributed by atoms with van der Waals surface area (Å²) in [6.07, 6.45) is 10.4. The van der Waals surface area contributed by atoms with Crippen molar-refractivity contribution in [3.8, 4) is 0 Å². The van der Waals surface area contributed by atoms with Crippen molar-refractivity contribution in [1.29, 1.82) is 0 Å². The highest BCUT2D eigenvalue weighted by atomic mass is 32.2. The van der Waals surface area contributed by atoms with Crippen LogP contribution in [-0.2, 0) is 8.92 Å². The Morgan fingerprint density at radius 2 is 1.73 bits per heavy atom. The molecule has 4 aliphatic carbocycles. The van der Waals surface area contributed by atoms with Gasteiger partial charge in [0.2, 0.25) is 0 Å². The van der Waals surface area contributed by atoms with Gasteiger partial charge in [0, 0.05) is 5.75 Å². The molecule has 0 aromatic heterocycles. The van der Waals surface area contributed by atoms with Crippen LogP contribution in [0, 0.1) is 46.3 Å². The Labute approximate surface area is 246 Å². The van der Waals surface area contributed by atoms with Gasteiger partial charge >= 0.3 is 0 Å². The second-order valence-corrected chi connectivity index (χ2v) is 15.8. The van der Waals surface area contributed by atoms with Crippen molar-refractivity contribution in [1.82, 2.24) is 0 Å². The van der Waals surface area contributed by atoms with Gasteiger partial charge in [-0.3, -0.25) is 0 Å². The van der Waals surface area contributed by atoms with Crippen molar-refractivity contribution in [3.63, 3.8) is 0 Å². The minimum Gasteiger partial charge on any atom is -0.388 e. The Kier molecular flexibility index (Phi) is 9.74. The standard InChI is InChI=1S/C33H56O6S/c1-19(2)7-6-8-20(3)24-11-12-25-23-10-9-21-17-22(13-15-32(21,4)26(23)14-16-33(24,25)5)39-40-18-27-28(34)29(35)30(36)31(37)38-27/h9,19-20,22-31,34-37H,6-8,10-18H2,1-5H3/t20-,22+,23+,24-,25+,26+,27-,28+,29+,30-,31-,32+,33-/m1/s1. The maximum absolute atomic E-state index is 10.2. The van der Waals surface area contributed by atoms with Crippen LogP contribution in [0.2, 0.25) is 0 Å². The highest BCUT2D eigenvalue weighted by Gasteiger charge is 2.59. The zero-order valence-corrected chi connectivity index (χ0v) is 26.3. The summed E-state index contributed by atoms with van der Waals surface area (Å²) in [7, 11) is 0. The van der Waals surface area contributed by atoms with E-state index in [9.17, 15) is 20.4 Å². The summed E-state index contributed by atoms with van der Waals surface area (Å²) in [5, 5.41) is 39.7. The Morgan fingerprint density at radius 1 is 0.950 bits per heavy atom. The summed E-state index contributed by atoms with van der Waals surface area (Å²) in [6.45, 7) is 12.5. The molecule has 1 saturated heterocycles. The second-order valence-electron chi connectivity index (χ2n) is 15.1. The minimum absolute atomic E-state index is 0.124. The van der Waals surface area contributed by atoms with Crippen LogP contribution < -0.4 is 0 Å². The van der Waals surface area contributed by atoms with E-state index < -0.39 is 30.7 Å². The van der Waals surface area contributed by atoms with Crippen LogP contribution in [0.4, 0.5) is 0 Å². The smallest absolute Gasteiger partial charge is 0.183 e. The normalized spacial score (nSPS) is 47.8. The molecule has 1 heterocycles.